The van der Waals surface area contributed by atoms with E-state index in [9.17, 15) is 4.79 Å². The van der Waals surface area contributed by atoms with Crippen molar-refractivity contribution in [1.82, 2.24) is 0 Å². The molecule has 1 aliphatic rings. The van der Waals surface area contributed by atoms with Crippen molar-refractivity contribution in [1.29, 1.82) is 0 Å². The van der Waals surface area contributed by atoms with E-state index in [0.29, 0.717) is 5.75 Å². The van der Waals surface area contributed by atoms with E-state index in [-0.39, 0.29) is 12.5 Å². The number of fused-ring (bicyclic) bond motifs is 1. The highest BCUT2D eigenvalue weighted by Gasteiger charge is 2.24. The molecular formula is C18H18ClNO2. The second-order valence-corrected chi connectivity index (χ2v) is 5.96. The van der Waals surface area contributed by atoms with Gasteiger partial charge in [0.2, 0.25) is 0 Å². The highest BCUT2D eigenvalue weighted by molar-refractivity contribution is 6.32. The van der Waals surface area contributed by atoms with E-state index < -0.39 is 0 Å². The van der Waals surface area contributed by atoms with E-state index >= 15 is 0 Å². The van der Waals surface area contributed by atoms with E-state index in [2.05, 4.69) is 6.07 Å². The summed E-state index contributed by atoms with van der Waals surface area (Å²) in [6, 6.07) is 11.7. The lowest BCUT2D eigenvalue weighted by Gasteiger charge is -2.18. The first-order valence-corrected chi connectivity index (χ1v) is 7.72. The van der Waals surface area contributed by atoms with Crippen LogP contribution in [0, 0.1) is 13.8 Å². The fourth-order valence-electron chi connectivity index (χ4n) is 2.81. The summed E-state index contributed by atoms with van der Waals surface area (Å²) in [6.07, 6.45) is 0.904. The van der Waals surface area contributed by atoms with Crippen molar-refractivity contribution in [3.05, 3.63) is 58.1 Å². The van der Waals surface area contributed by atoms with Crippen LogP contribution in [0.5, 0.6) is 5.75 Å². The molecule has 0 N–H and O–H groups in total. The third-order valence-electron chi connectivity index (χ3n) is 3.96. The van der Waals surface area contributed by atoms with Gasteiger partial charge >= 0.3 is 0 Å². The number of hydrogen-bond donors (Lipinski definition) is 0. The molecule has 0 bridgehead atoms. The lowest BCUT2D eigenvalue weighted by Crippen LogP contribution is -2.33. The summed E-state index contributed by atoms with van der Waals surface area (Å²) >= 11 is 6.14. The van der Waals surface area contributed by atoms with Gasteiger partial charge in [0, 0.05) is 17.3 Å². The second kappa shape index (κ2) is 6.01. The predicted octanol–water partition coefficient (Wildman–Crippen LogP) is 3.92. The maximum atomic E-state index is 12.4. The second-order valence-electron chi connectivity index (χ2n) is 5.58. The average molecular weight is 316 g/mol. The minimum Gasteiger partial charge on any atom is -0.484 e. The number of rotatable bonds is 3. The molecule has 4 heteroatoms. The summed E-state index contributed by atoms with van der Waals surface area (Å²) < 4.78 is 5.66. The SMILES string of the molecule is Cc1cc(OCC(=O)N2CCc3ccccc32)cc(C)c1Cl. The maximum Gasteiger partial charge on any atom is 0.264 e. The van der Waals surface area contributed by atoms with Gasteiger partial charge in [0.15, 0.2) is 6.61 Å². The van der Waals surface area contributed by atoms with Crippen LogP contribution in [0.15, 0.2) is 36.4 Å². The fourth-order valence-corrected chi connectivity index (χ4v) is 2.92. The highest BCUT2D eigenvalue weighted by Crippen LogP contribution is 2.28. The van der Waals surface area contributed by atoms with Crippen LogP contribution in [0.25, 0.3) is 0 Å². The molecule has 0 aliphatic carbocycles. The monoisotopic (exact) mass is 315 g/mol. The molecule has 22 heavy (non-hydrogen) atoms. The molecule has 3 rings (SSSR count). The Hall–Kier alpha value is -2.00. The maximum absolute atomic E-state index is 12.4. The van der Waals surface area contributed by atoms with Gasteiger partial charge in [0.1, 0.15) is 5.75 Å². The zero-order chi connectivity index (χ0) is 15.7. The summed E-state index contributed by atoms with van der Waals surface area (Å²) in [5.41, 5.74) is 4.12. The molecule has 1 aliphatic heterocycles. The van der Waals surface area contributed by atoms with Gasteiger partial charge in [-0.15, -0.1) is 0 Å². The number of aryl methyl sites for hydroxylation is 2. The Bertz CT molecular complexity index is 704. The topological polar surface area (TPSA) is 29.5 Å². The summed E-state index contributed by atoms with van der Waals surface area (Å²) in [4.78, 5) is 14.2. The minimum absolute atomic E-state index is 0.0183. The zero-order valence-electron chi connectivity index (χ0n) is 12.7. The molecule has 0 spiro atoms. The van der Waals surface area contributed by atoms with Crippen molar-refractivity contribution in [2.75, 3.05) is 18.1 Å². The Morgan fingerprint density at radius 2 is 1.91 bits per heavy atom. The Kier molecular flexibility index (Phi) is 4.08. The van der Waals surface area contributed by atoms with Crippen molar-refractivity contribution in [3.8, 4) is 5.75 Å². The van der Waals surface area contributed by atoms with Gasteiger partial charge in [-0.2, -0.15) is 0 Å². The molecule has 0 unspecified atom stereocenters. The number of halogens is 1. The first kappa shape index (κ1) is 14.9. The van der Waals surface area contributed by atoms with Crippen LogP contribution in [-0.2, 0) is 11.2 Å². The molecule has 3 nitrogen and oxygen atoms in total. The largest absolute Gasteiger partial charge is 0.484 e. The molecule has 0 saturated carbocycles. The first-order chi connectivity index (χ1) is 10.6. The Balaban J connectivity index is 1.69. The minimum atomic E-state index is -0.0183. The molecule has 0 aromatic heterocycles. The molecule has 2 aromatic rings. The number of ether oxygens (including phenoxy) is 1. The van der Waals surface area contributed by atoms with Gasteiger partial charge in [0.05, 0.1) is 0 Å². The highest BCUT2D eigenvalue weighted by atomic mass is 35.5. The molecule has 0 radical (unpaired) electrons. The van der Waals surface area contributed by atoms with Crippen molar-refractivity contribution in [2.24, 2.45) is 0 Å². The van der Waals surface area contributed by atoms with E-state index in [1.807, 2.05) is 44.2 Å². The van der Waals surface area contributed by atoms with E-state index in [4.69, 9.17) is 16.3 Å². The Morgan fingerprint density at radius 3 is 2.64 bits per heavy atom. The third kappa shape index (κ3) is 2.81. The summed E-state index contributed by atoms with van der Waals surface area (Å²) in [6.45, 7) is 4.62. The molecule has 114 valence electrons. The Labute approximate surface area is 135 Å². The standard InChI is InChI=1S/C18H18ClNO2/c1-12-9-15(10-13(2)18(12)19)22-11-17(21)20-8-7-14-5-3-4-6-16(14)20/h3-6,9-10H,7-8,11H2,1-2H3. The van der Waals surface area contributed by atoms with Crippen LogP contribution in [-0.4, -0.2) is 19.1 Å². The first-order valence-electron chi connectivity index (χ1n) is 7.34. The van der Waals surface area contributed by atoms with Crippen LogP contribution in [0.3, 0.4) is 0 Å². The number of carbonyl (C=O) groups excluding carboxylic acids is 1. The molecule has 0 atom stereocenters. The van der Waals surface area contributed by atoms with Gasteiger partial charge in [-0.1, -0.05) is 29.8 Å². The Morgan fingerprint density at radius 1 is 1.23 bits per heavy atom. The molecule has 2 aromatic carbocycles. The van der Waals surface area contributed by atoms with Crippen LogP contribution in [0.1, 0.15) is 16.7 Å². The van der Waals surface area contributed by atoms with Crippen molar-refractivity contribution >= 4 is 23.2 Å². The smallest absolute Gasteiger partial charge is 0.264 e. The molecule has 0 fully saturated rings. The van der Waals surface area contributed by atoms with Gasteiger partial charge < -0.3 is 9.64 Å². The third-order valence-corrected chi connectivity index (χ3v) is 4.56. The normalized spacial score (nSPS) is 13.1. The number of benzene rings is 2. The lowest BCUT2D eigenvalue weighted by molar-refractivity contribution is -0.120. The summed E-state index contributed by atoms with van der Waals surface area (Å²) in [7, 11) is 0. The summed E-state index contributed by atoms with van der Waals surface area (Å²) in [5, 5.41) is 0.743. The molecule has 1 heterocycles. The van der Waals surface area contributed by atoms with Gasteiger partial charge in [0.25, 0.3) is 5.91 Å². The fraction of sp³-hybridized carbons (Fsp3) is 0.278. The van der Waals surface area contributed by atoms with Gasteiger partial charge in [-0.05, 0) is 55.2 Å². The van der Waals surface area contributed by atoms with Gasteiger partial charge in [-0.3, -0.25) is 4.79 Å². The number of carbonyl (C=O) groups is 1. The molecule has 0 saturated heterocycles. The van der Waals surface area contributed by atoms with Crippen LogP contribution in [0.2, 0.25) is 5.02 Å². The van der Waals surface area contributed by atoms with E-state index in [1.54, 1.807) is 4.90 Å². The van der Waals surface area contributed by atoms with Crippen LogP contribution >= 0.6 is 11.6 Å². The van der Waals surface area contributed by atoms with Crippen LogP contribution in [0.4, 0.5) is 5.69 Å². The molecular weight excluding hydrogens is 298 g/mol. The van der Waals surface area contributed by atoms with Crippen molar-refractivity contribution in [3.63, 3.8) is 0 Å². The van der Waals surface area contributed by atoms with Gasteiger partial charge in [-0.25, -0.2) is 0 Å². The number of para-hydroxylation sites is 1. The number of anilines is 1. The summed E-state index contributed by atoms with van der Waals surface area (Å²) in [5.74, 6) is 0.662. The zero-order valence-corrected chi connectivity index (χ0v) is 13.5. The number of hydrogen-bond acceptors (Lipinski definition) is 2. The van der Waals surface area contributed by atoms with Crippen LogP contribution < -0.4 is 9.64 Å². The number of amides is 1. The van der Waals surface area contributed by atoms with Crippen molar-refractivity contribution in [2.45, 2.75) is 20.3 Å². The van der Waals surface area contributed by atoms with E-state index in [0.717, 1.165) is 34.8 Å². The average Bonchev–Trinajstić information content (AvgIpc) is 2.94. The van der Waals surface area contributed by atoms with E-state index in [1.165, 1.54) is 5.56 Å². The number of nitrogens with zero attached hydrogens (tertiary/aromatic N) is 1. The quantitative estimate of drug-likeness (QED) is 0.859. The lowest BCUT2D eigenvalue weighted by atomic mass is 10.1. The molecule has 1 amide bonds. The van der Waals surface area contributed by atoms with Crippen molar-refractivity contribution < 1.29 is 9.53 Å². The predicted molar refractivity (Wildman–Crippen MR) is 88.9 cm³/mol.